The molecule has 144 valence electrons. The van der Waals surface area contributed by atoms with Crippen LogP contribution >= 0.6 is 40.2 Å². The van der Waals surface area contributed by atoms with Crippen molar-refractivity contribution in [3.05, 3.63) is 77.3 Å². The van der Waals surface area contributed by atoms with Gasteiger partial charge >= 0.3 is 0 Å². The second kappa shape index (κ2) is 7.89. The fraction of sp³-hybridized carbons (Fsp3) is 0.0526. The van der Waals surface area contributed by atoms with Gasteiger partial charge in [-0.1, -0.05) is 11.8 Å². The predicted molar refractivity (Wildman–Crippen MR) is 123 cm³/mol. The maximum atomic E-state index is 12.9. The number of pyridine rings is 1. The maximum Gasteiger partial charge on any atom is 0.274 e. The van der Waals surface area contributed by atoms with Crippen LogP contribution in [-0.4, -0.2) is 24.3 Å². The first-order valence-corrected chi connectivity index (χ1v) is 13.5. The zero-order valence-electron chi connectivity index (χ0n) is 14.8. The minimum Gasteiger partial charge on any atom is -0.463 e. The summed E-state index contributed by atoms with van der Waals surface area (Å²) in [7, 11) is 0. The zero-order valence-corrected chi connectivity index (χ0v) is 18.8. The molecule has 0 N–H and O–H groups in total. The molecule has 0 fully saturated rings. The lowest BCUT2D eigenvalue weighted by Gasteiger charge is -2.07. The van der Waals surface area contributed by atoms with Crippen LogP contribution in [0.1, 0.15) is 5.69 Å². The number of hydrogen-bond donors (Lipinski definition) is 0. The smallest absolute Gasteiger partial charge is 0.274 e. The summed E-state index contributed by atoms with van der Waals surface area (Å²) in [6, 6.07) is 11.3. The van der Waals surface area contributed by atoms with Crippen molar-refractivity contribution >= 4 is 62.0 Å². The molecule has 5 aromatic rings. The van der Waals surface area contributed by atoms with E-state index in [1.807, 2.05) is 47.2 Å². The van der Waals surface area contributed by atoms with E-state index in [-0.39, 0.29) is 5.56 Å². The van der Waals surface area contributed by atoms with E-state index < -0.39 is 0 Å². The Hall–Kier alpha value is -2.23. The van der Waals surface area contributed by atoms with Gasteiger partial charge < -0.3 is 4.42 Å². The average Bonchev–Trinajstić information content (AvgIpc) is 3.39. The van der Waals surface area contributed by atoms with Gasteiger partial charge in [0.25, 0.3) is 5.56 Å². The van der Waals surface area contributed by atoms with E-state index in [1.165, 1.54) is 4.68 Å². The monoisotopic (exact) mass is 533 g/mol. The van der Waals surface area contributed by atoms with Crippen LogP contribution in [0.4, 0.5) is 0 Å². The van der Waals surface area contributed by atoms with Crippen LogP contribution in [0.15, 0.2) is 80.3 Å². The molecule has 0 saturated heterocycles. The second-order valence-electron chi connectivity index (χ2n) is 6.27. The number of nitrogens with zero attached hydrogens (tertiary/aromatic N) is 5. The van der Waals surface area contributed by atoms with Crippen LogP contribution in [0.25, 0.3) is 21.9 Å². The van der Waals surface area contributed by atoms with Crippen LogP contribution in [-0.2, 0) is 6.54 Å². The van der Waals surface area contributed by atoms with Crippen LogP contribution < -0.4 is 5.56 Å². The molecule has 1 atom stereocenters. The Morgan fingerprint density at radius 1 is 1.10 bits per heavy atom. The Kier molecular flexibility index (Phi) is 5.11. The van der Waals surface area contributed by atoms with Crippen molar-refractivity contribution in [1.82, 2.24) is 24.3 Å². The maximum absolute atomic E-state index is 12.9. The Morgan fingerprint density at radius 3 is 2.90 bits per heavy atom. The molecule has 1 unspecified atom stereocenters. The molecule has 0 spiro atoms. The van der Waals surface area contributed by atoms with Gasteiger partial charge in [0, 0.05) is 22.5 Å². The lowest BCUT2D eigenvalue weighted by atomic mass is 10.2. The van der Waals surface area contributed by atoms with Crippen molar-refractivity contribution in [1.29, 1.82) is 0 Å². The van der Waals surface area contributed by atoms with Crippen molar-refractivity contribution in [2.75, 3.05) is 0 Å². The van der Waals surface area contributed by atoms with Crippen molar-refractivity contribution in [2.45, 2.75) is 16.3 Å². The summed E-state index contributed by atoms with van der Waals surface area (Å²) in [6.45, 7) is 0.308. The number of hydrogen-bond acceptors (Lipinski definition) is 6. The minimum absolute atomic E-state index is 0.132. The molecule has 4 aromatic heterocycles. The van der Waals surface area contributed by atoms with Crippen LogP contribution in [0, 0.1) is 0 Å². The molecule has 0 radical (unpaired) electrons. The molecular weight excluding hydrogens is 520 g/mol. The molecule has 0 bridgehead atoms. The van der Waals surface area contributed by atoms with Gasteiger partial charge in [-0.15, -0.1) is 0 Å². The van der Waals surface area contributed by atoms with E-state index in [9.17, 15) is 4.79 Å². The zero-order chi connectivity index (χ0) is 19.8. The summed E-state index contributed by atoms with van der Waals surface area (Å²) >= 11 is 3.91. The second-order valence-corrected chi connectivity index (χ2v) is 9.49. The lowest BCUT2D eigenvalue weighted by molar-refractivity contribution is 0.613. The molecule has 0 aliphatic carbocycles. The summed E-state index contributed by atoms with van der Waals surface area (Å²) in [5.74, 6) is 0. The summed E-state index contributed by atoms with van der Waals surface area (Å²) < 4.78 is 8.65. The first-order valence-electron chi connectivity index (χ1n) is 8.62. The van der Waals surface area contributed by atoms with Crippen molar-refractivity contribution in [3.63, 3.8) is 0 Å². The van der Waals surface area contributed by atoms with Crippen LogP contribution in [0.2, 0.25) is 0 Å². The molecule has 0 aliphatic rings. The first kappa shape index (κ1) is 18.8. The van der Waals surface area contributed by atoms with Gasteiger partial charge in [0.05, 0.1) is 47.6 Å². The number of aromatic nitrogens is 5. The van der Waals surface area contributed by atoms with Gasteiger partial charge in [0.2, 0.25) is 0 Å². The third kappa shape index (κ3) is 3.82. The minimum atomic E-state index is -0.132. The number of halogens is 1. The van der Waals surface area contributed by atoms with E-state index in [0.29, 0.717) is 18.3 Å². The molecule has 4 heterocycles. The number of benzene rings is 1. The Bertz CT molecular complexity index is 1400. The molecule has 1 aromatic carbocycles. The van der Waals surface area contributed by atoms with E-state index in [1.54, 1.807) is 30.3 Å². The summed E-state index contributed by atoms with van der Waals surface area (Å²) in [6.07, 6.45) is 7.77. The van der Waals surface area contributed by atoms with E-state index in [2.05, 4.69) is 37.2 Å². The van der Waals surface area contributed by atoms with E-state index in [0.717, 1.165) is 32.0 Å². The Balaban J connectivity index is 1.44. The number of rotatable bonds is 5. The van der Waals surface area contributed by atoms with Gasteiger partial charge in [-0.05, 0) is 52.4 Å². The molecule has 29 heavy (non-hydrogen) atoms. The third-order valence-electron chi connectivity index (χ3n) is 4.38. The SMILES string of the molecule is O=c1c2ccc(Sc3cnn(PI)c3)cc2cnn1Cc1ccc2occc2n1. The quantitative estimate of drug-likeness (QED) is 0.240. The van der Waals surface area contributed by atoms with Crippen molar-refractivity contribution < 1.29 is 4.42 Å². The van der Waals surface area contributed by atoms with Gasteiger partial charge in [-0.3, -0.25) is 4.79 Å². The van der Waals surface area contributed by atoms with Crippen molar-refractivity contribution in [2.24, 2.45) is 0 Å². The fourth-order valence-electron chi connectivity index (χ4n) is 3.02. The van der Waals surface area contributed by atoms with E-state index in [4.69, 9.17) is 4.42 Å². The van der Waals surface area contributed by atoms with Crippen molar-refractivity contribution in [3.8, 4) is 0 Å². The van der Waals surface area contributed by atoms with Crippen LogP contribution in [0.3, 0.4) is 0 Å². The molecule has 0 amide bonds. The predicted octanol–water partition coefficient (Wildman–Crippen LogP) is 4.73. The number of fused-ring (bicyclic) bond motifs is 2. The largest absolute Gasteiger partial charge is 0.463 e. The summed E-state index contributed by atoms with van der Waals surface area (Å²) in [4.78, 5) is 19.5. The highest BCUT2D eigenvalue weighted by Crippen LogP contribution is 2.31. The standard InChI is InChI=1S/C19H13IN5O2PS/c20-28-25-11-15(9-22-25)29-14-2-3-16-12(7-14)8-21-24(19(16)26)10-13-1-4-18-17(23-13)5-6-27-18/h1-9,11,28H,10H2. The van der Waals surface area contributed by atoms with Gasteiger partial charge in [-0.2, -0.15) is 10.2 Å². The highest BCUT2D eigenvalue weighted by atomic mass is 127. The first-order chi connectivity index (χ1) is 14.2. The average molecular weight is 533 g/mol. The lowest BCUT2D eigenvalue weighted by Crippen LogP contribution is -2.23. The molecular formula is C19H13IN5O2PS. The third-order valence-corrected chi connectivity index (χ3v) is 7.22. The van der Waals surface area contributed by atoms with Gasteiger partial charge in [0.15, 0.2) is 5.58 Å². The highest BCUT2D eigenvalue weighted by Gasteiger charge is 2.09. The molecule has 0 saturated carbocycles. The molecule has 7 nitrogen and oxygen atoms in total. The Morgan fingerprint density at radius 2 is 2.03 bits per heavy atom. The number of furan rings is 1. The van der Waals surface area contributed by atoms with Crippen LogP contribution in [0.5, 0.6) is 0 Å². The summed E-state index contributed by atoms with van der Waals surface area (Å²) in [5, 5.41) is 10.1. The highest BCUT2D eigenvalue weighted by molar-refractivity contribution is 14.2. The molecule has 10 heteroatoms. The topological polar surface area (TPSA) is 78.7 Å². The fourth-order valence-corrected chi connectivity index (χ4v) is 5.04. The normalized spacial score (nSPS) is 11.9. The molecule has 5 rings (SSSR count). The summed E-state index contributed by atoms with van der Waals surface area (Å²) in [5.41, 5.74) is 2.12. The molecule has 0 aliphatic heterocycles. The van der Waals surface area contributed by atoms with Gasteiger partial charge in [-0.25, -0.2) is 14.1 Å². The van der Waals surface area contributed by atoms with Gasteiger partial charge in [0.1, 0.15) is 5.52 Å². The van der Waals surface area contributed by atoms with E-state index >= 15 is 0 Å². The Labute approximate surface area is 183 Å².